The maximum absolute atomic E-state index is 12.8. The Kier molecular flexibility index (Phi) is 4.55. The molecule has 0 amide bonds. The predicted molar refractivity (Wildman–Crippen MR) is 77.5 cm³/mol. The molecule has 1 aromatic carbocycles. The molecule has 1 aliphatic carbocycles. The van der Waals surface area contributed by atoms with Crippen LogP contribution in [0.2, 0.25) is 0 Å². The van der Waals surface area contributed by atoms with Gasteiger partial charge in [-0.2, -0.15) is 4.98 Å². The summed E-state index contributed by atoms with van der Waals surface area (Å²) in [6.45, 7) is 0. The van der Waals surface area contributed by atoms with E-state index < -0.39 is 0 Å². The highest BCUT2D eigenvalue weighted by Crippen LogP contribution is 2.32. The van der Waals surface area contributed by atoms with Gasteiger partial charge >= 0.3 is 0 Å². The van der Waals surface area contributed by atoms with Gasteiger partial charge in [-0.3, -0.25) is 0 Å². The Morgan fingerprint density at radius 2 is 1.90 bits per heavy atom. The summed E-state index contributed by atoms with van der Waals surface area (Å²) in [5, 5.41) is 13.5. The van der Waals surface area contributed by atoms with E-state index in [1.807, 2.05) is 0 Å². The van der Waals surface area contributed by atoms with Gasteiger partial charge in [0, 0.05) is 10.8 Å². The molecule has 21 heavy (non-hydrogen) atoms. The first-order valence-electron chi connectivity index (χ1n) is 7.09. The summed E-state index contributed by atoms with van der Waals surface area (Å²) in [5.74, 6) is 1.97. The first-order valence-corrected chi connectivity index (χ1v) is 8.08. The van der Waals surface area contributed by atoms with Crippen molar-refractivity contribution in [3.63, 3.8) is 0 Å². The van der Waals surface area contributed by atoms with Crippen LogP contribution in [0.1, 0.15) is 43.3 Å². The van der Waals surface area contributed by atoms with Crippen LogP contribution in [0.25, 0.3) is 0 Å². The van der Waals surface area contributed by atoms with Crippen LogP contribution in [0, 0.1) is 5.82 Å². The fourth-order valence-electron chi connectivity index (χ4n) is 2.49. The molecule has 112 valence electrons. The highest BCUT2D eigenvalue weighted by molar-refractivity contribution is 7.98. The Hall–Kier alpha value is -1.40. The second-order valence-corrected chi connectivity index (χ2v) is 6.35. The molecule has 0 aliphatic heterocycles. The summed E-state index contributed by atoms with van der Waals surface area (Å²) < 4.78 is 18.2. The molecule has 0 bridgehead atoms. The Labute approximate surface area is 126 Å². The number of thioether (sulfide) groups is 1. The Morgan fingerprint density at radius 1 is 1.19 bits per heavy atom. The van der Waals surface area contributed by atoms with Crippen molar-refractivity contribution in [1.82, 2.24) is 10.1 Å². The molecule has 1 aromatic heterocycles. The van der Waals surface area contributed by atoms with E-state index in [0.717, 1.165) is 30.6 Å². The van der Waals surface area contributed by atoms with E-state index in [2.05, 4.69) is 10.1 Å². The lowest BCUT2D eigenvalue weighted by Crippen LogP contribution is -2.17. The number of halogens is 1. The van der Waals surface area contributed by atoms with Crippen LogP contribution < -0.4 is 0 Å². The van der Waals surface area contributed by atoms with Crippen LogP contribution in [0.5, 0.6) is 0 Å². The minimum absolute atomic E-state index is 0.183. The van der Waals surface area contributed by atoms with Crippen molar-refractivity contribution in [1.29, 1.82) is 0 Å². The van der Waals surface area contributed by atoms with Crippen molar-refractivity contribution in [2.45, 2.75) is 48.4 Å². The van der Waals surface area contributed by atoms with Crippen molar-refractivity contribution < 1.29 is 14.0 Å². The van der Waals surface area contributed by atoms with Crippen LogP contribution >= 0.6 is 11.8 Å². The van der Waals surface area contributed by atoms with E-state index in [1.54, 1.807) is 23.9 Å². The topological polar surface area (TPSA) is 59.2 Å². The molecule has 1 N–H and O–H groups in total. The first kappa shape index (κ1) is 14.5. The average Bonchev–Trinajstić information content (AvgIpc) is 2.96. The maximum Gasteiger partial charge on any atom is 0.229 e. The number of nitrogens with zero attached hydrogens (tertiary/aromatic N) is 2. The number of hydrogen-bond acceptors (Lipinski definition) is 5. The molecule has 0 atom stereocenters. The zero-order valence-electron chi connectivity index (χ0n) is 11.5. The smallest absolute Gasteiger partial charge is 0.229 e. The molecule has 0 radical (unpaired) electrons. The van der Waals surface area contributed by atoms with Crippen LogP contribution in [0.3, 0.4) is 0 Å². The summed E-state index contributed by atoms with van der Waals surface area (Å²) in [4.78, 5) is 5.41. The van der Waals surface area contributed by atoms with Gasteiger partial charge < -0.3 is 9.63 Å². The van der Waals surface area contributed by atoms with Crippen LogP contribution in [-0.2, 0) is 5.75 Å². The monoisotopic (exact) mass is 308 g/mol. The number of aliphatic hydroxyl groups excluding tert-OH is 1. The Balaban J connectivity index is 1.56. The molecule has 0 saturated heterocycles. The molecular weight excluding hydrogens is 291 g/mol. The van der Waals surface area contributed by atoms with Crippen LogP contribution in [-0.4, -0.2) is 21.4 Å². The third kappa shape index (κ3) is 3.83. The molecule has 3 rings (SSSR count). The third-order valence-corrected chi connectivity index (χ3v) is 4.72. The van der Waals surface area contributed by atoms with Gasteiger partial charge in [-0.15, -0.1) is 11.8 Å². The van der Waals surface area contributed by atoms with Gasteiger partial charge in [-0.1, -0.05) is 5.16 Å². The maximum atomic E-state index is 12.8. The number of aliphatic hydroxyl groups is 1. The van der Waals surface area contributed by atoms with Gasteiger partial charge in [0.2, 0.25) is 5.89 Å². The van der Waals surface area contributed by atoms with Gasteiger partial charge in [0.05, 0.1) is 11.9 Å². The molecule has 1 saturated carbocycles. The Bertz CT molecular complexity index is 580. The highest BCUT2D eigenvalue weighted by atomic mass is 32.2. The fraction of sp³-hybridized carbons (Fsp3) is 0.467. The molecule has 1 heterocycles. The van der Waals surface area contributed by atoms with E-state index >= 15 is 0 Å². The minimum Gasteiger partial charge on any atom is -0.393 e. The SMILES string of the molecule is OC1CCC(c2nc(CSc3ccc(F)cc3)no2)CC1. The first-order chi connectivity index (χ1) is 10.2. The third-order valence-electron chi connectivity index (χ3n) is 3.71. The standard InChI is InChI=1S/C15H17FN2O2S/c16-11-3-7-13(8-4-11)21-9-14-17-15(20-18-14)10-1-5-12(19)6-2-10/h3-4,7-8,10,12,19H,1-2,5-6,9H2. The van der Waals surface area contributed by atoms with Crippen molar-refractivity contribution in [2.75, 3.05) is 0 Å². The van der Waals surface area contributed by atoms with E-state index in [1.165, 1.54) is 12.1 Å². The number of hydrogen-bond donors (Lipinski definition) is 1. The summed E-state index contributed by atoms with van der Waals surface area (Å²) in [5.41, 5.74) is 0. The zero-order valence-corrected chi connectivity index (χ0v) is 12.4. The van der Waals surface area contributed by atoms with Gasteiger partial charge in [-0.25, -0.2) is 4.39 Å². The van der Waals surface area contributed by atoms with Crippen molar-refractivity contribution in [3.05, 3.63) is 41.8 Å². The van der Waals surface area contributed by atoms with Crippen LogP contribution in [0.4, 0.5) is 4.39 Å². The van der Waals surface area contributed by atoms with Gasteiger partial charge in [0.1, 0.15) is 5.82 Å². The van der Waals surface area contributed by atoms with Crippen molar-refractivity contribution in [3.8, 4) is 0 Å². The van der Waals surface area contributed by atoms with E-state index in [0.29, 0.717) is 17.5 Å². The zero-order chi connectivity index (χ0) is 14.7. The molecule has 0 spiro atoms. The van der Waals surface area contributed by atoms with E-state index in [9.17, 15) is 9.50 Å². The lowest BCUT2D eigenvalue weighted by atomic mass is 9.87. The largest absolute Gasteiger partial charge is 0.393 e. The molecule has 1 aliphatic rings. The Morgan fingerprint density at radius 3 is 2.62 bits per heavy atom. The summed E-state index contributed by atoms with van der Waals surface area (Å²) >= 11 is 1.55. The summed E-state index contributed by atoms with van der Waals surface area (Å²) in [6.07, 6.45) is 3.21. The molecule has 6 heteroatoms. The van der Waals surface area contributed by atoms with Crippen LogP contribution in [0.15, 0.2) is 33.7 Å². The normalized spacial score (nSPS) is 22.4. The van der Waals surface area contributed by atoms with E-state index in [4.69, 9.17) is 4.52 Å². The summed E-state index contributed by atoms with van der Waals surface area (Å²) in [7, 11) is 0. The van der Waals surface area contributed by atoms with Crippen molar-refractivity contribution >= 4 is 11.8 Å². The van der Waals surface area contributed by atoms with Crippen molar-refractivity contribution in [2.24, 2.45) is 0 Å². The number of rotatable bonds is 4. The van der Waals surface area contributed by atoms with Gasteiger partial charge in [0.15, 0.2) is 5.82 Å². The number of benzene rings is 1. The lowest BCUT2D eigenvalue weighted by Gasteiger charge is -2.22. The lowest BCUT2D eigenvalue weighted by molar-refractivity contribution is 0.116. The predicted octanol–water partition coefficient (Wildman–Crippen LogP) is 3.52. The number of aromatic nitrogens is 2. The molecule has 0 unspecified atom stereocenters. The molecule has 4 nitrogen and oxygen atoms in total. The van der Waals surface area contributed by atoms with Gasteiger partial charge in [-0.05, 0) is 49.9 Å². The molecule has 1 fully saturated rings. The van der Waals surface area contributed by atoms with E-state index in [-0.39, 0.29) is 17.8 Å². The molecular formula is C15H17FN2O2S. The summed E-state index contributed by atoms with van der Waals surface area (Å²) in [6, 6.07) is 6.36. The average molecular weight is 308 g/mol. The second kappa shape index (κ2) is 6.58. The second-order valence-electron chi connectivity index (χ2n) is 5.30. The fourth-order valence-corrected chi connectivity index (χ4v) is 3.23. The quantitative estimate of drug-likeness (QED) is 0.876. The highest BCUT2D eigenvalue weighted by Gasteiger charge is 2.25. The van der Waals surface area contributed by atoms with Gasteiger partial charge in [0.25, 0.3) is 0 Å². The molecule has 2 aromatic rings. The minimum atomic E-state index is -0.235.